The van der Waals surface area contributed by atoms with Crippen LogP contribution in [0, 0.1) is 5.41 Å². The molecular formula is C30H34ClN5O4S. The van der Waals surface area contributed by atoms with Crippen LogP contribution in [0.15, 0.2) is 72.8 Å². The maximum absolute atomic E-state index is 14.5. The number of sulfonamides is 1. The number of benzene rings is 3. The number of primary amides is 1. The number of amides is 2. The predicted molar refractivity (Wildman–Crippen MR) is 161 cm³/mol. The molecule has 0 spiro atoms. The van der Waals surface area contributed by atoms with Crippen LogP contribution in [0.5, 0.6) is 0 Å². The summed E-state index contributed by atoms with van der Waals surface area (Å²) in [6.45, 7) is 2.16. The fourth-order valence-electron chi connectivity index (χ4n) is 5.91. The molecule has 0 aliphatic carbocycles. The van der Waals surface area contributed by atoms with Crippen LogP contribution in [0.4, 0.5) is 11.4 Å². The number of rotatable bonds is 8. The van der Waals surface area contributed by atoms with Crippen molar-refractivity contribution < 1.29 is 18.0 Å². The Morgan fingerprint density at radius 2 is 1.61 bits per heavy atom. The van der Waals surface area contributed by atoms with E-state index in [0.29, 0.717) is 49.9 Å². The molecule has 5 rings (SSSR count). The van der Waals surface area contributed by atoms with Gasteiger partial charge in [-0.2, -0.15) is 0 Å². The molecule has 1 fully saturated rings. The molecule has 0 radical (unpaired) electrons. The highest BCUT2D eigenvalue weighted by molar-refractivity contribution is 7.92. The molecule has 1 saturated heterocycles. The van der Waals surface area contributed by atoms with E-state index in [1.807, 2.05) is 53.4 Å². The number of fused-ring (bicyclic) bond motifs is 1. The van der Waals surface area contributed by atoms with Crippen molar-refractivity contribution in [3.05, 3.63) is 94.5 Å². The third-order valence-electron chi connectivity index (χ3n) is 8.00. The minimum Gasteiger partial charge on any atom is -0.369 e. The quantitative estimate of drug-likeness (QED) is 0.344. The lowest BCUT2D eigenvalue weighted by atomic mass is 9.69. The molecule has 0 aromatic heterocycles. The molecule has 2 amide bonds. The normalized spacial score (nSPS) is 18.7. The minimum absolute atomic E-state index is 0.138. The minimum atomic E-state index is -3.47. The van der Waals surface area contributed by atoms with Crippen molar-refractivity contribution in [1.82, 2.24) is 10.2 Å². The SMILES string of the molecule is CS(=O)(=O)Nc1ccccc1N1CCN(C(=O)[C@](Cc2ccc(Cl)cc2)(C(N)=O)[C@@H]2Cc3ccccc3CN2)CC1. The number of carbonyl (C=O) groups excluding carboxylic acids is 2. The Bertz CT molecular complexity index is 1540. The first-order valence-electron chi connectivity index (χ1n) is 13.5. The molecule has 216 valence electrons. The summed E-state index contributed by atoms with van der Waals surface area (Å²) in [6, 6.07) is 21.8. The highest BCUT2D eigenvalue weighted by Crippen LogP contribution is 2.36. The fourth-order valence-corrected chi connectivity index (χ4v) is 6.61. The zero-order chi connectivity index (χ0) is 29.2. The standard InChI is InChI=1S/C30H34ClN5O4S/c1-41(39,40)34-25-8-4-5-9-26(25)35-14-16-36(17-15-35)29(38)30(28(32)37,19-21-10-12-24(31)13-11-21)27-18-22-6-2-3-7-23(22)20-33-27/h2-13,27,33-34H,14-20H2,1H3,(H2,32,37)/t27-,30-/m0/s1. The van der Waals surface area contributed by atoms with Gasteiger partial charge in [0.1, 0.15) is 5.41 Å². The first-order valence-corrected chi connectivity index (χ1v) is 15.8. The summed E-state index contributed by atoms with van der Waals surface area (Å²) >= 11 is 6.12. The van der Waals surface area contributed by atoms with Gasteiger partial charge in [0.2, 0.25) is 21.8 Å². The first-order chi connectivity index (χ1) is 19.6. The molecule has 2 aliphatic rings. The van der Waals surface area contributed by atoms with Gasteiger partial charge in [-0.1, -0.05) is 60.1 Å². The lowest BCUT2D eigenvalue weighted by Gasteiger charge is -2.45. The van der Waals surface area contributed by atoms with Crippen LogP contribution >= 0.6 is 11.6 Å². The van der Waals surface area contributed by atoms with Gasteiger partial charge in [0, 0.05) is 43.8 Å². The zero-order valence-electron chi connectivity index (χ0n) is 22.8. The summed E-state index contributed by atoms with van der Waals surface area (Å²) in [7, 11) is -3.47. The van der Waals surface area contributed by atoms with E-state index in [0.717, 1.165) is 28.6 Å². The van der Waals surface area contributed by atoms with E-state index in [9.17, 15) is 18.0 Å². The number of hydrogen-bond acceptors (Lipinski definition) is 6. The Balaban J connectivity index is 1.43. The Labute approximate surface area is 245 Å². The van der Waals surface area contributed by atoms with Gasteiger partial charge in [-0.15, -0.1) is 0 Å². The number of piperazine rings is 1. The van der Waals surface area contributed by atoms with Crippen molar-refractivity contribution >= 4 is 44.8 Å². The van der Waals surface area contributed by atoms with Crippen LogP contribution in [-0.4, -0.2) is 63.6 Å². The highest BCUT2D eigenvalue weighted by Gasteiger charge is 2.53. The van der Waals surface area contributed by atoms with Gasteiger partial charge in [0.15, 0.2) is 0 Å². The predicted octanol–water partition coefficient (Wildman–Crippen LogP) is 2.79. The summed E-state index contributed by atoms with van der Waals surface area (Å²) in [5.41, 5.74) is 8.88. The Morgan fingerprint density at radius 3 is 2.27 bits per heavy atom. The van der Waals surface area contributed by atoms with Gasteiger partial charge in [-0.3, -0.25) is 14.3 Å². The first kappa shape index (κ1) is 28.9. The number of carbonyl (C=O) groups is 2. The summed E-state index contributed by atoms with van der Waals surface area (Å²) in [4.78, 5) is 31.7. The van der Waals surface area contributed by atoms with Gasteiger partial charge >= 0.3 is 0 Å². The average molecular weight is 596 g/mol. The highest BCUT2D eigenvalue weighted by atomic mass is 35.5. The monoisotopic (exact) mass is 595 g/mol. The maximum Gasteiger partial charge on any atom is 0.240 e. The van der Waals surface area contributed by atoms with Crippen LogP contribution in [0.1, 0.15) is 16.7 Å². The van der Waals surface area contributed by atoms with Crippen molar-refractivity contribution in [2.24, 2.45) is 11.1 Å². The van der Waals surface area contributed by atoms with E-state index < -0.39 is 27.4 Å². The molecule has 0 bridgehead atoms. The number of anilines is 2. The molecular weight excluding hydrogens is 562 g/mol. The van der Waals surface area contributed by atoms with Crippen molar-refractivity contribution in [3.63, 3.8) is 0 Å². The topological polar surface area (TPSA) is 125 Å². The van der Waals surface area contributed by atoms with Gasteiger partial charge in [-0.25, -0.2) is 8.42 Å². The molecule has 2 heterocycles. The molecule has 2 aliphatic heterocycles. The number of nitrogens with zero attached hydrogens (tertiary/aromatic N) is 2. The lowest BCUT2D eigenvalue weighted by Crippen LogP contribution is -2.65. The molecule has 41 heavy (non-hydrogen) atoms. The van der Waals surface area contributed by atoms with Crippen LogP contribution in [0.2, 0.25) is 5.02 Å². The van der Waals surface area contributed by atoms with E-state index in [2.05, 4.69) is 10.0 Å². The fraction of sp³-hybridized carbons (Fsp3) is 0.333. The zero-order valence-corrected chi connectivity index (χ0v) is 24.4. The molecule has 3 aromatic carbocycles. The van der Waals surface area contributed by atoms with Gasteiger partial charge in [-0.05, 0) is 53.8 Å². The summed E-state index contributed by atoms with van der Waals surface area (Å²) in [5, 5.41) is 4.03. The Morgan fingerprint density at radius 1 is 0.976 bits per heavy atom. The van der Waals surface area contributed by atoms with E-state index >= 15 is 0 Å². The molecule has 11 heteroatoms. The van der Waals surface area contributed by atoms with E-state index in [1.54, 1.807) is 29.2 Å². The lowest BCUT2D eigenvalue weighted by molar-refractivity contribution is -0.152. The maximum atomic E-state index is 14.5. The number of nitrogens with two attached hydrogens (primary N) is 1. The summed E-state index contributed by atoms with van der Waals surface area (Å²) < 4.78 is 26.4. The van der Waals surface area contributed by atoms with E-state index in [4.69, 9.17) is 17.3 Å². The van der Waals surface area contributed by atoms with E-state index in [-0.39, 0.29) is 12.3 Å². The molecule has 9 nitrogen and oxygen atoms in total. The van der Waals surface area contributed by atoms with Crippen LogP contribution < -0.4 is 20.7 Å². The van der Waals surface area contributed by atoms with Gasteiger partial charge in [0.05, 0.1) is 17.6 Å². The molecule has 0 unspecified atom stereocenters. The smallest absolute Gasteiger partial charge is 0.240 e. The molecule has 4 N–H and O–H groups in total. The second kappa shape index (κ2) is 11.7. The summed E-state index contributed by atoms with van der Waals surface area (Å²) in [5.74, 6) is -0.974. The van der Waals surface area contributed by atoms with Crippen molar-refractivity contribution in [2.45, 2.75) is 25.4 Å². The number of nitrogens with one attached hydrogen (secondary N) is 2. The van der Waals surface area contributed by atoms with Crippen LogP contribution in [0.25, 0.3) is 0 Å². The largest absolute Gasteiger partial charge is 0.369 e. The van der Waals surface area contributed by atoms with Gasteiger partial charge in [0.25, 0.3) is 0 Å². The average Bonchev–Trinajstić information content (AvgIpc) is 2.96. The Kier molecular flexibility index (Phi) is 8.26. The van der Waals surface area contributed by atoms with E-state index in [1.165, 1.54) is 0 Å². The summed E-state index contributed by atoms with van der Waals surface area (Å²) in [6.07, 6.45) is 1.74. The molecule has 2 atom stereocenters. The van der Waals surface area contributed by atoms with Crippen molar-refractivity contribution in [3.8, 4) is 0 Å². The number of halogens is 1. The van der Waals surface area contributed by atoms with Crippen molar-refractivity contribution in [2.75, 3.05) is 42.1 Å². The van der Waals surface area contributed by atoms with Crippen molar-refractivity contribution in [1.29, 1.82) is 0 Å². The number of hydrogen-bond donors (Lipinski definition) is 3. The Hall–Kier alpha value is -3.60. The molecule has 0 saturated carbocycles. The second-order valence-corrected chi connectivity index (χ2v) is 12.9. The van der Waals surface area contributed by atoms with Gasteiger partial charge < -0.3 is 20.9 Å². The third kappa shape index (κ3) is 6.19. The number of para-hydroxylation sites is 2. The third-order valence-corrected chi connectivity index (χ3v) is 8.84. The second-order valence-electron chi connectivity index (χ2n) is 10.7. The van der Waals surface area contributed by atoms with Crippen LogP contribution in [0.3, 0.4) is 0 Å². The molecule has 3 aromatic rings. The van der Waals surface area contributed by atoms with Crippen LogP contribution in [-0.2, 0) is 39.0 Å².